The van der Waals surface area contributed by atoms with Crippen LogP contribution in [0.1, 0.15) is 60.3 Å². The third-order valence-corrected chi connectivity index (χ3v) is 12.6. The Morgan fingerprint density at radius 1 is 0.863 bits per heavy atom. The zero-order chi connectivity index (χ0) is 35.4. The van der Waals surface area contributed by atoms with Gasteiger partial charge in [0.25, 0.3) is 0 Å². The molecule has 2 fully saturated rings. The fourth-order valence-electron chi connectivity index (χ4n) is 7.30. The summed E-state index contributed by atoms with van der Waals surface area (Å²) in [6.45, 7) is 2.64. The lowest BCUT2D eigenvalue weighted by atomic mass is 9.90. The van der Waals surface area contributed by atoms with E-state index in [1.807, 2.05) is 67.6 Å². The number of carbonyl (C=O) groups is 2. The average molecular weight is 711 g/mol. The molecule has 3 aliphatic rings. The van der Waals surface area contributed by atoms with Crippen molar-refractivity contribution in [1.29, 1.82) is 0 Å². The first-order valence-electron chi connectivity index (χ1n) is 17.5. The first-order chi connectivity index (χ1) is 24.7. The van der Waals surface area contributed by atoms with Gasteiger partial charge in [-0.25, -0.2) is 23.5 Å². The molecule has 1 N–H and O–H groups in total. The number of ether oxygens (including phenoxy) is 3. The zero-order valence-electron chi connectivity index (χ0n) is 28.6. The molecule has 1 aliphatic carbocycles. The van der Waals surface area contributed by atoms with Crippen molar-refractivity contribution in [2.75, 3.05) is 32.1 Å². The third kappa shape index (κ3) is 7.37. The number of nitrogens with zero attached hydrogens (tertiary/aromatic N) is 1. The summed E-state index contributed by atoms with van der Waals surface area (Å²) in [4.78, 5) is 34.0. The van der Waals surface area contributed by atoms with Gasteiger partial charge >= 0.3 is 6.09 Å². The van der Waals surface area contributed by atoms with Crippen molar-refractivity contribution >= 4 is 21.8 Å². The van der Waals surface area contributed by atoms with Crippen LogP contribution in [0.25, 0.3) is 11.1 Å². The van der Waals surface area contributed by atoms with Crippen LogP contribution in [0.2, 0.25) is 0 Å². The Morgan fingerprint density at radius 3 is 2.16 bits per heavy atom. The van der Waals surface area contributed by atoms with Crippen molar-refractivity contribution < 1.29 is 37.1 Å². The lowest BCUT2D eigenvalue weighted by Crippen LogP contribution is -2.43. The number of aryl methyl sites for hydroxylation is 1. The van der Waals surface area contributed by atoms with Crippen LogP contribution in [0.4, 0.5) is 4.79 Å². The maximum atomic E-state index is 14.3. The van der Waals surface area contributed by atoms with E-state index < -0.39 is 39.3 Å². The highest BCUT2D eigenvalue weighted by Crippen LogP contribution is 2.45. The molecule has 4 aromatic rings. The second-order valence-electron chi connectivity index (χ2n) is 13.4. The Balaban J connectivity index is 1.10. The van der Waals surface area contributed by atoms with Crippen molar-refractivity contribution in [2.24, 2.45) is 0 Å². The van der Waals surface area contributed by atoms with E-state index in [4.69, 9.17) is 19.0 Å². The minimum atomic E-state index is -4.00. The predicted molar refractivity (Wildman–Crippen MR) is 192 cm³/mol. The lowest BCUT2D eigenvalue weighted by Gasteiger charge is -2.32. The van der Waals surface area contributed by atoms with E-state index in [9.17, 15) is 18.0 Å². The number of hydroxylamine groups is 1. The van der Waals surface area contributed by atoms with Gasteiger partial charge in [0.2, 0.25) is 5.91 Å². The summed E-state index contributed by atoms with van der Waals surface area (Å²) in [6.07, 6.45) is 0.838. The molecule has 0 aromatic heterocycles. The highest BCUT2D eigenvalue weighted by atomic mass is 32.2. The van der Waals surface area contributed by atoms with Crippen LogP contribution in [0.3, 0.4) is 0 Å². The highest BCUT2D eigenvalue weighted by Gasteiger charge is 2.49. The Morgan fingerprint density at radius 2 is 1.51 bits per heavy atom. The molecule has 2 unspecified atom stereocenters. The first-order valence-corrected chi connectivity index (χ1v) is 19.1. The van der Waals surface area contributed by atoms with Crippen molar-refractivity contribution in [3.05, 3.63) is 119 Å². The van der Waals surface area contributed by atoms with E-state index in [1.54, 1.807) is 24.3 Å². The summed E-state index contributed by atoms with van der Waals surface area (Å²) in [5.41, 5.74) is 8.39. The largest absolute Gasteiger partial charge is 0.457 e. The van der Waals surface area contributed by atoms with Crippen LogP contribution in [0.5, 0.6) is 11.5 Å². The Labute approximate surface area is 298 Å². The fourth-order valence-corrected chi connectivity index (χ4v) is 9.40. The molecule has 4 aromatic carbocycles. The highest BCUT2D eigenvalue weighted by molar-refractivity contribution is 7.92. The SMILES string of the molecule is Cc1ccc(Oc2ccc(C3(CC(=O)NOC4CCCCO4)CCN(C(=O)OCC4c5ccccc5-c5ccccc54)CCS3(=O)=O)cc2)cc1. The van der Waals surface area contributed by atoms with Gasteiger partial charge in [-0.05, 0) is 78.3 Å². The molecular weight excluding hydrogens is 669 g/mol. The molecule has 0 saturated carbocycles. The molecule has 0 spiro atoms. The summed E-state index contributed by atoms with van der Waals surface area (Å²) in [5.74, 6) is 0.0890. The molecule has 2 saturated heterocycles. The average Bonchev–Trinajstić information content (AvgIpc) is 3.40. The predicted octanol–water partition coefficient (Wildman–Crippen LogP) is 7.02. The smallest absolute Gasteiger partial charge is 0.409 e. The van der Waals surface area contributed by atoms with Crippen LogP contribution in [0, 0.1) is 6.92 Å². The molecule has 11 heteroatoms. The van der Waals surface area contributed by atoms with Gasteiger partial charge < -0.3 is 19.1 Å². The van der Waals surface area contributed by atoms with Crippen LogP contribution < -0.4 is 10.2 Å². The van der Waals surface area contributed by atoms with Gasteiger partial charge in [-0.15, -0.1) is 0 Å². The van der Waals surface area contributed by atoms with E-state index in [0.29, 0.717) is 30.1 Å². The summed E-state index contributed by atoms with van der Waals surface area (Å²) in [7, 11) is -4.00. The van der Waals surface area contributed by atoms with Crippen LogP contribution >= 0.6 is 0 Å². The van der Waals surface area contributed by atoms with E-state index >= 15 is 0 Å². The third-order valence-electron chi connectivity index (χ3n) is 10.1. The first kappa shape index (κ1) is 34.7. The number of nitrogens with one attached hydrogen (secondary N) is 1. The van der Waals surface area contributed by atoms with Crippen LogP contribution in [-0.4, -0.2) is 63.7 Å². The van der Waals surface area contributed by atoms with E-state index in [0.717, 1.165) is 40.7 Å². The maximum absolute atomic E-state index is 14.3. The summed E-state index contributed by atoms with van der Waals surface area (Å²) >= 11 is 0. The van der Waals surface area contributed by atoms with Gasteiger partial charge in [0, 0.05) is 32.0 Å². The molecule has 2 heterocycles. The van der Waals surface area contributed by atoms with E-state index in [-0.39, 0.29) is 37.8 Å². The Bertz CT molecular complexity index is 1930. The van der Waals surface area contributed by atoms with Crippen molar-refractivity contribution in [3.8, 4) is 22.6 Å². The standard InChI is InChI=1S/C40H42N2O8S/c1-28-13-17-30(18-14-28)49-31-19-15-29(16-20-31)40(26-37(43)41-50-38-12-6-7-24-47-38)21-22-42(23-25-51(40,45)46)39(44)48-27-36-34-10-4-2-8-32(34)33-9-3-5-11-35(33)36/h2-5,8-11,13-20,36,38H,6-7,12,21-27H2,1H3,(H,41,43). The number of benzene rings is 4. The van der Waals surface area contributed by atoms with E-state index in [1.165, 1.54) is 4.90 Å². The van der Waals surface area contributed by atoms with Crippen LogP contribution in [-0.2, 0) is 33.7 Å². The molecule has 2 amide bonds. The zero-order valence-corrected chi connectivity index (χ0v) is 29.4. The van der Waals surface area contributed by atoms with E-state index in [2.05, 4.69) is 17.6 Å². The van der Waals surface area contributed by atoms with Gasteiger partial charge in [-0.2, -0.15) is 0 Å². The maximum Gasteiger partial charge on any atom is 0.409 e. The number of carbonyl (C=O) groups excluding carboxylic acids is 2. The Hall–Kier alpha value is -4.71. The van der Waals surface area contributed by atoms with Gasteiger partial charge in [0.05, 0.1) is 12.2 Å². The molecule has 7 rings (SSSR count). The monoisotopic (exact) mass is 710 g/mol. The normalized spacial score (nSPS) is 21.2. The number of sulfone groups is 1. The summed E-state index contributed by atoms with van der Waals surface area (Å²) in [6, 6.07) is 30.5. The molecular formula is C40H42N2O8S. The number of fused-ring (bicyclic) bond motifs is 3. The molecule has 2 aliphatic heterocycles. The van der Waals surface area contributed by atoms with Crippen molar-refractivity contribution in [1.82, 2.24) is 10.4 Å². The van der Waals surface area contributed by atoms with Gasteiger partial charge in [0.1, 0.15) is 22.9 Å². The minimum absolute atomic E-state index is 0.0228. The summed E-state index contributed by atoms with van der Waals surface area (Å²) in [5, 5.41) is 0. The second-order valence-corrected chi connectivity index (χ2v) is 15.8. The van der Waals surface area contributed by atoms with Crippen molar-refractivity contribution in [2.45, 2.75) is 56.0 Å². The molecule has 0 radical (unpaired) electrons. The number of hydrogen-bond donors (Lipinski definition) is 1. The van der Waals surface area contributed by atoms with Gasteiger partial charge in [0.15, 0.2) is 16.1 Å². The summed E-state index contributed by atoms with van der Waals surface area (Å²) < 4.78 is 44.5. The molecule has 0 bridgehead atoms. The van der Waals surface area contributed by atoms with Gasteiger partial charge in [-0.3, -0.25) is 4.79 Å². The minimum Gasteiger partial charge on any atom is -0.457 e. The fraction of sp³-hybridized carbons (Fsp3) is 0.350. The molecule has 51 heavy (non-hydrogen) atoms. The lowest BCUT2D eigenvalue weighted by molar-refractivity contribution is -0.200. The van der Waals surface area contributed by atoms with Crippen molar-refractivity contribution in [3.63, 3.8) is 0 Å². The number of hydrogen-bond acceptors (Lipinski definition) is 8. The number of amides is 2. The topological polar surface area (TPSA) is 120 Å². The van der Waals surface area contributed by atoms with Crippen LogP contribution in [0.15, 0.2) is 97.1 Å². The molecule has 2 atom stereocenters. The molecule has 10 nitrogen and oxygen atoms in total. The Kier molecular flexibility index (Phi) is 10.1. The van der Waals surface area contributed by atoms with Gasteiger partial charge in [-0.1, -0.05) is 78.4 Å². The second kappa shape index (κ2) is 14.9. The molecule has 266 valence electrons. The quantitative estimate of drug-likeness (QED) is 0.184. The number of rotatable bonds is 9.